The molecule has 1 aromatic rings. The highest BCUT2D eigenvalue weighted by atomic mass is 19.2. The van der Waals surface area contributed by atoms with Gasteiger partial charge in [0, 0.05) is 6.07 Å². The van der Waals surface area contributed by atoms with Gasteiger partial charge in [-0.1, -0.05) is 0 Å². The van der Waals surface area contributed by atoms with E-state index in [-0.39, 0.29) is 0 Å². The molecule has 20 heavy (non-hydrogen) atoms. The van der Waals surface area contributed by atoms with Crippen molar-refractivity contribution in [2.24, 2.45) is 0 Å². The number of nitrogens with zero attached hydrogens (tertiary/aromatic N) is 1. The Labute approximate surface area is 113 Å². The predicted molar refractivity (Wildman–Crippen MR) is 67.3 cm³/mol. The normalized spacial score (nSPS) is 11.2. The molecule has 110 valence electrons. The summed E-state index contributed by atoms with van der Waals surface area (Å²) in [5.41, 5.74) is -2.14. The number of carbonyl (C=O) groups excluding carboxylic acids is 1. The average molecular weight is 288 g/mol. The van der Waals surface area contributed by atoms with E-state index < -0.39 is 46.0 Å². The molecule has 0 radical (unpaired) electrons. The van der Waals surface area contributed by atoms with Crippen LogP contribution in [0.2, 0.25) is 0 Å². The van der Waals surface area contributed by atoms with Gasteiger partial charge in [0.25, 0.3) is 11.6 Å². The molecule has 0 spiro atoms. The average Bonchev–Trinajstić information content (AvgIpc) is 2.31. The van der Waals surface area contributed by atoms with E-state index in [9.17, 15) is 23.7 Å². The van der Waals surface area contributed by atoms with Crippen LogP contribution in [0.3, 0.4) is 0 Å². The van der Waals surface area contributed by atoms with Crippen LogP contribution in [0.4, 0.5) is 20.2 Å². The minimum absolute atomic E-state index is 0.434. The van der Waals surface area contributed by atoms with Crippen molar-refractivity contribution in [2.75, 3.05) is 11.9 Å². The minimum atomic E-state index is -1.48. The van der Waals surface area contributed by atoms with Gasteiger partial charge in [0.1, 0.15) is 6.61 Å². The van der Waals surface area contributed by atoms with Crippen molar-refractivity contribution in [1.82, 2.24) is 0 Å². The topological polar surface area (TPSA) is 81.5 Å². The maximum Gasteiger partial charge on any atom is 0.296 e. The van der Waals surface area contributed by atoms with E-state index in [0.717, 1.165) is 6.07 Å². The first-order valence-electron chi connectivity index (χ1n) is 5.68. The van der Waals surface area contributed by atoms with E-state index in [4.69, 9.17) is 4.74 Å². The second kappa shape index (κ2) is 5.91. The third kappa shape index (κ3) is 4.23. The molecule has 0 fully saturated rings. The first kappa shape index (κ1) is 16.0. The highest BCUT2D eigenvalue weighted by Crippen LogP contribution is 2.29. The van der Waals surface area contributed by atoms with Crippen LogP contribution in [0.1, 0.15) is 20.8 Å². The Morgan fingerprint density at radius 2 is 2.00 bits per heavy atom. The van der Waals surface area contributed by atoms with Crippen molar-refractivity contribution in [2.45, 2.75) is 26.4 Å². The molecule has 8 heteroatoms. The van der Waals surface area contributed by atoms with Crippen LogP contribution >= 0.6 is 0 Å². The summed E-state index contributed by atoms with van der Waals surface area (Å²) in [5, 5.41) is 12.7. The van der Waals surface area contributed by atoms with Gasteiger partial charge in [0.2, 0.25) is 0 Å². The van der Waals surface area contributed by atoms with Crippen molar-refractivity contribution in [3.63, 3.8) is 0 Å². The Hall–Kier alpha value is -2.09. The van der Waals surface area contributed by atoms with Gasteiger partial charge in [0.05, 0.1) is 10.5 Å². The van der Waals surface area contributed by atoms with E-state index in [1.54, 1.807) is 20.8 Å². The number of anilines is 1. The van der Waals surface area contributed by atoms with Gasteiger partial charge in [-0.2, -0.15) is 0 Å². The lowest BCUT2D eigenvalue weighted by Crippen LogP contribution is -2.27. The third-order valence-corrected chi connectivity index (χ3v) is 2.17. The maximum absolute atomic E-state index is 13.5. The molecule has 0 aliphatic carbocycles. The van der Waals surface area contributed by atoms with E-state index in [0.29, 0.717) is 6.07 Å². The van der Waals surface area contributed by atoms with Crippen LogP contribution in [-0.4, -0.2) is 23.0 Å². The molecule has 0 saturated carbocycles. The van der Waals surface area contributed by atoms with Crippen molar-refractivity contribution >= 4 is 17.3 Å². The standard InChI is InChI=1S/C12H14F2N2O4/c1-12(2,3)20-6-9(17)15-11-8(16(18)19)5-4-7(13)10(11)14/h4-5H,6H2,1-3H3,(H,15,17). The quantitative estimate of drug-likeness (QED) is 0.682. The van der Waals surface area contributed by atoms with E-state index in [2.05, 4.69) is 0 Å². The van der Waals surface area contributed by atoms with Gasteiger partial charge in [-0.15, -0.1) is 0 Å². The number of rotatable bonds is 4. The summed E-state index contributed by atoms with van der Waals surface area (Å²) in [5.74, 6) is -3.58. The monoisotopic (exact) mass is 288 g/mol. The summed E-state index contributed by atoms with van der Waals surface area (Å²) in [6, 6.07) is 1.40. The second-order valence-electron chi connectivity index (χ2n) is 4.96. The Kier molecular flexibility index (Phi) is 4.72. The summed E-state index contributed by atoms with van der Waals surface area (Å²) >= 11 is 0. The lowest BCUT2D eigenvalue weighted by Gasteiger charge is -2.19. The number of nitro benzene ring substituents is 1. The Balaban J connectivity index is 2.94. The van der Waals surface area contributed by atoms with Gasteiger partial charge in [-0.05, 0) is 26.8 Å². The number of nitro groups is 1. The molecule has 1 N–H and O–H groups in total. The number of hydrogen-bond donors (Lipinski definition) is 1. The SMILES string of the molecule is CC(C)(C)OCC(=O)Nc1c([N+](=O)[O-])ccc(F)c1F. The molecule has 1 amide bonds. The van der Waals surface area contributed by atoms with Crippen molar-refractivity contribution in [3.05, 3.63) is 33.9 Å². The van der Waals surface area contributed by atoms with Crippen LogP contribution in [0.15, 0.2) is 12.1 Å². The van der Waals surface area contributed by atoms with Gasteiger partial charge in [-0.3, -0.25) is 14.9 Å². The number of ether oxygens (including phenoxy) is 1. The molecule has 6 nitrogen and oxygen atoms in total. The maximum atomic E-state index is 13.5. The smallest absolute Gasteiger partial charge is 0.296 e. The summed E-state index contributed by atoms with van der Waals surface area (Å²) in [6.07, 6.45) is 0. The molecule has 0 bridgehead atoms. The molecule has 0 saturated heterocycles. The fraction of sp³-hybridized carbons (Fsp3) is 0.417. The molecule has 1 rings (SSSR count). The lowest BCUT2D eigenvalue weighted by molar-refractivity contribution is -0.384. The highest BCUT2D eigenvalue weighted by molar-refractivity contribution is 5.94. The van der Waals surface area contributed by atoms with Gasteiger partial charge in [-0.25, -0.2) is 8.78 Å². The summed E-state index contributed by atoms with van der Waals surface area (Å²) in [6.45, 7) is 4.67. The Morgan fingerprint density at radius 3 is 2.50 bits per heavy atom. The number of benzene rings is 1. The van der Waals surface area contributed by atoms with E-state index >= 15 is 0 Å². The highest BCUT2D eigenvalue weighted by Gasteiger charge is 2.24. The summed E-state index contributed by atoms with van der Waals surface area (Å²) < 4.78 is 31.7. The molecule has 0 aromatic heterocycles. The molecule has 0 aliphatic heterocycles. The van der Waals surface area contributed by atoms with Crippen LogP contribution in [0.25, 0.3) is 0 Å². The summed E-state index contributed by atoms with van der Waals surface area (Å²) in [4.78, 5) is 21.4. The zero-order valence-corrected chi connectivity index (χ0v) is 11.2. The zero-order valence-electron chi connectivity index (χ0n) is 11.2. The first-order chi connectivity index (χ1) is 9.11. The molecule has 0 unspecified atom stereocenters. The lowest BCUT2D eigenvalue weighted by atomic mass is 10.2. The molecule has 0 atom stereocenters. The number of halogens is 2. The second-order valence-corrected chi connectivity index (χ2v) is 4.96. The number of amides is 1. The van der Waals surface area contributed by atoms with Crippen molar-refractivity contribution < 1.29 is 23.2 Å². The summed E-state index contributed by atoms with van der Waals surface area (Å²) in [7, 11) is 0. The molecule has 0 heterocycles. The third-order valence-electron chi connectivity index (χ3n) is 2.17. The molecular weight excluding hydrogens is 274 g/mol. The van der Waals surface area contributed by atoms with Crippen LogP contribution in [0, 0.1) is 21.7 Å². The minimum Gasteiger partial charge on any atom is -0.366 e. The van der Waals surface area contributed by atoms with Crippen LogP contribution in [-0.2, 0) is 9.53 Å². The first-order valence-corrected chi connectivity index (χ1v) is 5.68. The van der Waals surface area contributed by atoms with Gasteiger partial charge in [0.15, 0.2) is 17.3 Å². The van der Waals surface area contributed by atoms with Gasteiger partial charge < -0.3 is 10.1 Å². The fourth-order valence-electron chi connectivity index (χ4n) is 1.27. The predicted octanol–water partition coefficient (Wildman–Crippen LogP) is 2.63. The van der Waals surface area contributed by atoms with Crippen molar-refractivity contribution in [3.8, 4) is 0 Å². The van der Waals surface area contributed by atoms with E-state index in [1.807, 2.05) is 5.32 Å². The Morgan fingerprint density at radius 1 is 1.40 bits per heavy atom. The fourth-order valence-corrected chi connectivity index (χ4v) is 1.27. The number of nitrogens with one attached hydrogen (secondary N) is 1. The molecule has 1 aromatic carbocycles. The number of carbonyl (C=O) groups is 1. The van der Waals surface area contributed by atoms with E-state index in [1.165, 1.54) is 0 Å². The van der Waals surface area contributed by atoms with Crippen molar-refractivity contribution in [1.29, 1.82) is 0 Å². The van der Waals surface area contributed by atoms with Gasteiger partial charge >= 0.3 is 0 Å². The Bertz CT molecular complexity index is 541. The largest absolute Gasteiger partial charge is 0.366 e. The molecular formula is C12H14F2N2O4. The zero-order chi connectivity index (χ0) is 15.5. The number of hydrogen-bond acceptors (Lipinski definition) is 4. The molecule has 0 aliphatic rings. The van der Waals surface area contributed by atoms with Crippen LogP contribution < -0.4 is 5.32 Å². The van der Waals surface area contributed by atoms with Crippen LogP contribution in [0.5, 0.6) is 0 Å².